The second kappa shape index (κ2) is 6.42. The first-order valence-corrected chi connectivity index (χ1v) is 6.00. The van der Waals surface area contributed by atoms with Crippen molar-refractivity contribution in [2.24, 2.45) is 0 Å². The molecule has 0 saturated carbocycles. The molecular weight excluding hydrogens is 275 g/mol. The third kappa shape index (κ3) is 4.05. The lowest BCUT2D eigenvalue weighted by Crippen LogP contribution is -2.09. The van der Waals surface area contributed by atoms with Gasteiger partial charge in [0.25, 0.3) is 0 Å². The predicted molar refractivity (Wildman–Crippen MR) is 69.5 cm³/mol. The quantitative estimate of drug-likeness (QED) is 0.480. The Balaban J connectivity index is 1.78. The fraction of sp³-hybridized carbons (Fsp3) is 0.167. The van der Waals surface area contributed by atoms with Crippen molar-refractivity contribution >= 4 is 23.2 Å². The maximum Gasteiger partial charge on any atom is 0.227 e. The summed E-state index contributed by atoms with van der Waals surface area (Å²) in [6.07, 6.45) is 0. The lowest BCUT2D eigenvalue weighted by Gasteiger charge is -2.07. The number of hydrogen-bond acceptors (Lipinski definition) is 4. The zero-order valence-electron chi connectivity index (χ0n) is 9.35. The maximum atomic E-state index is 5.71. The number of ether oxygens (including phenoxy) is 2. The van der Waals surface area contributed by atoms with Crippen molar-refractivity contribution in [2.45, 2.75) is 0 Å². The van der Waals surface area contributed by atoms with Crippen LogP contribution in [0.5, 0.6) is 11.6 Å². The number of aromatic nitrogens is 2. The average molecular weight is 285 g/mol. The van der Waals surface area contributed by atoms with E-state index in [1.54, 1.807) is 0 Å². The summed E-state index contributed by atoms with van der Waals surface area (Å²) < 4.78 is 10.8. The minimum absolute atomic E-state index is 0.0569. The number of hydrogen-bond donors (Lipinski definition) is 0. The second-order valence-corrected chi connectivity index (χ2v) is 4.03. The van der Waals surface area contributed by atoms with Crippen LogP contribution in [0, 0.1) is 0 Å². The average Bonchev–Trinajstić information content (AvgIpc) is 2.35. The molecule has 0 radical (unpaired) electrons. The minimum Gasteiger partial charge on any atom is -0.490 e. The highest BCUT2D eigenvalue weighted by Gasteiger charge is 2.02. The summed E-state index contributed by atoms with van der Waals surface area (Å²) in [7, 11) is 0. The molecule has 0 amide bonds. The Morgan fingerprint density at radius 3 is 2.39 bits per heavy atom. The largest absolute Gasteiger partial charge is 0.490 e. The highest BCUT2D eigenvalue weighted by Crippen LogP contribution is 2.16. The Morgan fingerprint density at radius 2 is 1.67 bits per heavy atom. The minimum atomic E-state index is 0.0569. The summed E-state index contributed by atoms with van der Waals surface area (Å²) in [6, 6.07) is 11.0. The van der Waals surface area contributed by atoms with E-state index < -0.39 is 0 Å². The third-order valence-corrected chi connectivity index (χ3v) is 2.35. The first-order valence-electron chi connectivity index (χ1n) is 5.25. The van der Waals surface area contributed by atoms with Crippen molar-refractivity contribution in [3.8, 4) is 11.6 Å². The van der Waals surface area contributed by atoms with Crippen LogP contribution in [0.2, 0.25) is 10.4 Å². The van der Waals surface area contributed by atoms with E-state index >= 15 is 0 Å². The predicted octanol–water partition coefficient (Wildman–Crippen LogP) is 3.24. The highest BCUT2D eigenvalue weighted by molar-refractivity contribution is 6.31. The second-order valence-electron chi connectivity index (χ2n) is 3.31. The van der Waals surface area contributed by atoms with E-state index in [-0.39, 0.29) is 10.4 Å². The Kier molecular flexibility index (Phi) is 4.61. The van der Waals surface area contributed by atoms with Crippen molar-refractivity contribution in [2.75, 3.05) is 13.2 Å². The van der Waals surface area contributed by atoms with Crippen molar-refractivity contribution in [3.63, 3.8) is 0 Å². The van der Waals surface area contributed by atoms with E-state index in [2.05, 4.69) is 9.97 Å². The zero-order chi connectivity index (χ0) is 12.8. The Labute approximate surface area is 114 Å². The van der Waals surface area contributed by atoms with Crippen molar-refractivity contribution in [3.05, 3.63) is 46.8 Å². The van der Waals surface area contributed by atoms with Gasteiger partial charge >= 0.3 is 0 Å². The number of para-hydroxylation sites is 1. The summed E-state index contributed by atoms with van der Waals surface area (Å²) in [5.74, 6) is 1.12. The smallest absolute Gasteiger partial charge is 0.227 e. The van der Waals surface area contributed by atoms with Crippen LogP contribution in [0.25, 0.3) is 0 Å². The van der Waals surface area contributed by atoms with Crippen LogP contribution >= 0.6 is 23.2 Å². The molecule has 0 unspecified atom stereocenters. The molecule has 6 heteroatoms. The van der Waals surface area contributed by atoms with Crippen LogP contribution in [-0.2, 0) is 0 Å². The molecule has 0 bridgehead atoms. The summed E-state index contributed by atoms with van der Waals surface area (Å²) in [4.78, 5) is 7.59. The molecule has 0 aliphatic heterocycles. The first-order chi connectivity index (χ1) is 8.74. The Hall–Kier alpha value is -1.52. The standard InChI is InChI=1S/C12H10Cl2N2O2/c13-10-8-11(16-12(14)15-10)18-7-6-17-9-4-2-1-3-5-9/h1-5,8H,6-7H2. The summed E-state index contributed by atoms with van der Waals surface area (Å²) in [6.45, 7) is 0.752. The lowest BCUT2D eigenvalue weighted by molar-refractivity contribution is 0.212. The number of rotatable bonds is 5. The van der Waals surface area contributed by atoms with E-state index in [1.807, 2.05) is 30.3 Å². The molecule has 1 heterocycles. The number of halogens is 2. The van der Waals surface area contributed by atoms with E-state index in [0.29, 0.717) is 19.1 Å². The molecule has 4 nitrogen and oxygen atoms in total. The lowest BCUT2D eigenvalue weighted by atomic mass is 10.3. The van der Waals surface area contributed by atoms with Crippen LogP contribution in [0.4, 0.5) is 0 Å². The summed E-state index contributed by atoms with van der Waals surface area (Å²) in [5.41, 5.74) is 0. The van der Waals surface area contributed by atoms with Crippen LogP contribution in [-0.4, -0.2) is 23.2 Å². The SMILES string of the molecule is Clc1cc(OCCOc2ccccc2)nc(Cl)n1. The molecule has 2 aromatic rings. The van der Waals surface area contributed by atoms with E-state index in [9.17, 15) is 0 Å². The highest BCUT2D eigenvalue weighted by atomic mass is 35.5. The molecule has 0 aliphatic rings. The zero-order valence-corrected chi connectivity index (χ0v) is 10.9. The van der Waals surface area contributed by atoms with Gasteiger partial charge in [-0.2, -0.15) is 4.98 Å². The van der Waals surface area contributed by atoms with E-state index in [4.69, 9.17) is 32.7 Å². The molecule has 1 aromatic heterocycles. The van der Waals surface area contributed by atoms with Gasteiger partial charge in [0.15, 0.2) is 0 Å². The fourth-order valence-corrected chi connectivity index (χ4v) is 1.66. The van der Waals surface area contributed by atoms with Crippen LogP contribution < -0.4 is 9.47 Å². The fourth-order valence-electron chi connectivity index (χ4n) is 1.27. The van der Waals surface area contributed by atoms with Gasteiger partial charge in [0, 0.05) is 6.07 Å². The van der Waals surface area contributed by atoms with Gasteiger partial charge in [-0.25, -0.2) is 4.98 Å². The normalized spacial score (nSPS) is 10.1. The van der Waals surface area contributed by atoms with Gasteiger partial charge in [0.05, 0.1) is 0 Å². The summed E-state index contributed by atoms with van der Waals surface area (Å²) >= 11 is 11.4. The molecular formula is C12H10Cl2N2O2. The van der Waals surface area contributed by atoms with E-state index in [0.717, 1.165) is 5.75 Å². The van der Waals surface area contributed by atoms with Gasteiger partial charge in [0.2, 0.25) is 11.2 Å². The van der Waals surface area contributed by atoms with Crippen molar-refractivity contribution in [1.29, 1.82) is 0 Å². The molecule has 0 N–H and O–H groups in total. The molecule has 0 fully saturated rings. The molecule has 1 aromatic carbocycles. The van der Waals surface area contributed by atoms with Crippen molar-refractivity contribution < 1.29 is 9.47 Å². The van der Waals surface area contributed by atoms with Gasteiger partial charge < -0.3 is 9.47 Å². The Morgan fingerprint density at radius 1 is 0.944 bits per heavy atom. The Bertz CT molecular complexity index is 488. The van der Waals surface area contributed by atoms with Gasteiger partial charge in [-0.05, 0) is 23.7 Å². The monoisotopic (exact) mass is 284 g/mol. The molecule has 18 heavy (non-hydrogen) atoms. The first kappa shape index (κ1) is 12.9. The molecule has 0 atom stereocenters. The molecule has 0 saturated heterocycles. The molecule has 0 spiro atoms. The maximum absolute atomic E-state index is 5.71. The molecule has 94 valence electrons. The summed E-state index contributed by atoms with van der Waals surface area (Å²) in [5, 5.41) is 0.301. The topological polar surface area (TPSA) is 44.2 Å². The number of nitrogens with zero attached hydrogens (tertiary/aromatic N) is 2. The van der Waals surface area contributed by atoms with Crippen LogP contribution in [0.15, 0.2) is 36.4 Å². The van der Waals surface area contributed by atoms with Crippen LogP contribution in [0.1, 0.15) is 0 Å². The third-order valence-electron chi connectivity index (χ3n) is 1.99. The van der Waals surface area contributed by atoms with Crippen LogP contribution in [0.3, 0.4) is 0 Å². The van der Waals surface area contributed by atoms with E-state index in [1.165, 1.54) is 6.07 Å². The van der Waals surface area contributed by atoms with Gasteiger partial charge in [-0.1, -0.05) is 29.8 Å². The van der Waals surface area contributed by atoms with Gasteiger partial charge in [0.1, 0.15) is 24.1 Å². The van der Waals surface area contributed by atoms with Gasteiger partial charge in [-0.15, -0.1) is 0 Å². The molecule has 0 aliphatic carbocycles. The number of benzene rings is 1. The van der Waals surface area contributed by atoms with Crippen molar-refractivity contribution in [1.82, 2.24) is 9.97 Å². The molecule has 2 rings (SSSR count). The van der Waals surface area contributed by atoms with Gasteiger partial charge in [-0.3, -0.25) is 0 Å².